The van der Waals surface area contributed by atoms with Crippen LogP contribution in [0.3, 0.4) is 0 Å². The van der Waals surface area contributed by atoms with E-state index in [9.17, 15) is 4.79 Å². The van der Waals surface area contributed by atoms with Crippen LogP contribution in [0, 0.1) is 6.92 Å². The van der Waals surface area contributed by atoms with Gasteiger partial charge in [0, 0.05) is 5.56 Å². The Bertz CT molecular complexity index is 532. The van der Waals surface area contributed by atoms with Crippen molar-refractivity contribution >= 4 is 11.7 Å². The van der Waals surface area contributed by atoms with Crippen LogP contribution in [0.15, 0.2) is 29.4 Å². The SMILES string of the molecule is Cc1ccccc1C(=O)NC1(/C(N)=N/O)CCCCCC1. The fourth-order valence-corrected chi connectivity index (χ4v) is 2.99. The molecule has 0 atom stereocenters. The molecule has 1 aromatic rings. The van der Waals surface area contributed by atoms with Gasteiger partial charge in [-0.15, -0.1) is 0 Å². The molecule has 1 fully saturated rings. The van der Waals surface area contributed by atoms with Crippen molar-refractivity contribution in [1.82, 2.24) is 5.32 Å². The zero-order chi connectivity index (χ0) is 15.3. The summed E-state index contributed by atoms with van der Waals surface area (Å²) in [7, 11) is 0. The topological polar surface area (TPSA) is 87.7 Å². The lowest BCUT2D eigenvalue weighted by molar-refractivity contribution is 0.0914. The van der Waals surface area contributed by atoms with Crippen LogP contribution < -0.4 is 11.1 Å². The van der Waals surface area contributed by atoms with Crippen molar-refractivity contribution in [3.05, 3.63) is 35.4 Å². The minimum Gasteiger partial charge on any atom is -0.409 e. The Morgan fingerprint density at radius 3 is 2.43 bits per heavy atom. The molecule has 1 saturated carbocycles. The average Bonchev–Trinajstić information content (AvgIpc) is 2.73. The van der Waals surface area contributed by atoms with Gasteiger partial charge in [0.15, 0.2) is 5.84 Å². The van der Waals surface area contributed by atoms with Gasteiger partial charge in [-0.2, -0.15) is 0 Å². The van der Waals surface area contributed by atoms with Crippen molar-refractivity contribution in [2.24, 2.45) is 10.9 Å². The molecule has 5 nitrogen and oxygen atoms in total. The lowest BCUT2D eigenvalue weighted by Crippen LogP contribution is -2.57. The maximum atomic E-state index is 12.6. The molecular weight excluding hydrogens is 266 g/mol. The number of benzene rings is 1. The van der Waals surface area contributed by atoms with Gasteiger partial charge in [0.05, 0.1) is 0 Å². The number of hydrogen-bond donors (Lipinski definition) is 3. The van der Waals surface area contributed by atoms with E-state index in [4.69, 9.17) is 10.9 Å². The molecule has 1 aromatic carbocycles. The van der Waals surface area contributed by atoms with E-state index in [1.165, 1.54) is 0 Å². The molecular formula is C16H23N3O2. The second-order valence-corrected chi connectivity index (χ2v) is 5.75. The van der Waals surface area contributed by atoms with Gasteiger partial charge in [-0.05, 0) is 31.4 Å². The van der Waals surface area contributed by atoms with Crippen LogP contribution >= 0.6 is 0 Å². The van der Waals surface area contributed by atoms with E-state index >= 15 is 0 Å². The number of rotatable bonds is 3. The summed E-state index contributed by atoms with van der Waals surface area (Å²) in [5.74, 6) is -0.0621. The second-order valence-electron chi connectivity index (χ2n) is 5.75. The monoisotopic (exact) mass is 289 g/mol. The van der Waals surface area contributed by atoms with Crippen molar-refractivity contribution in [3.63, 3.8) is 0 Å². The fourth-order valence-electron chi connectivity index (χ4n) is 2.99. The maximum Gasteiger partial charge on any atom is 0.252 e. The third kappa shape index (κ3) is 3.35. The summed E-state index contributed by atoms with van der Waals surface area (Å²) in [6.45, 7) is 1.90. The summed E-state index contributed by atoms with van der Waals surface area (Å²) < 4.78 is 0. The number of amidine groups is 1. The zero-order valence-corrected chi connectivity index (χ0v) is 12.4. The van der Waals surface area contributed by atoms with Crippen molar-refractivity contribution in [1.29, 1.82) is 0 Å². The van der Waals surface area contributed by atoms with E-state index in [-0.39, 0.29) is 11.7 Å². The Balaban J connectivity index is 2.27. The third-order valence-electron chi connectivity index (χ3n) is 4.30. The van der Waals surface area contributed by atoms with Crippen molar-refractivity contribution in [3.8, 4) is 0 Å². The van der Waals surface area contributed by atoms with Crippen LogP contribution in [0.2, 0.25) is 0 Å². The first-order valence-corrected chi connectivity index (χ1v) is 7.45. The van der Waals surface area contributed by atoms with E-state index < -0.39 is 5.54 Å². The minimum absolute atomic E-state index is 0.103. The number of carbonyl (C=O) groups excluding carboxylic acids is 1. The van der Waals surface area contributed by atoms with Crippen molar-refractivity contribution < 1.29 is 10.0 Å². The summed E-state index contributed by atoms with van der Waals surface area (Å²) in [4.78, 5) is 12.6. The van der Waals surface area contributed by atoms with Crippen LogP contribution in [-0.2, 0) is 0 Å². The van der Waals surface area contributed by atoms with E-state index in [0.717, 1.165) is 31.2 Å². The normalized spacial score (nSPS) is 18.8. The predicted molar refractivity (Wildman–Crippen MR) is 82.5 cm³/mol. The molecule has 0 aliphatic heterocycles. The highest BCUT2D eigenvalue weighted by molar-refractivity contribution is 6.01. The van der Waals surface area contributed by atoms with Gasteiger partial charge in [-0.3, -0.25) is 4.79 Å². The standard InChI is InChI=1S/C16H23N3O2/c1-12-8-4-5-9-13(12)14(20)18-16(15(17)19-21)10-6-2-3-7-11-16/h4-5,8-9,21H,2-3,6-7,10-11H2,1H3,(H2,17,19)(H,18,20). The quantitative estimate of drug-likeness (QED) is 0.263. The summed E-state index contributed by atoms with van der Waals surface area (Å²) in [6.07, 6.45) is 5.57. The highest BCUT2D eigenvalue weighted by atomic mass is 16.4. The summed E-state index contributed by atoms with van der Waals surface area (Å²) in [5.41, 5.74) is 6.72. The molecule has 0 heterocycles. The summed E-state index contributed by atoms with van der Waals surface area (Å²) in [5, 5.41) is 15.3. The van der Waals surface area contributed by atoms with E-state index in [1.807, 2.05) is 25.1 Å². The molecule has 1 aliphatic carbocycles. The first-order chi connectivity index (χ1) is 10.1. The van der Waals surface area contributed by atoms with Gasteiger partial charge >= 0.3 is 0 Å². The number of nitrogens with one attached hydrogen (secondary N) is 1. The van der Waals surface area contributed by atoms with E-state index in [0.29, 0.717) is 18.4 Å². The Hall–Kier alpha value is -2.04. The molecule has 0 bridgehead atoms. The zero-order valence-electron chi connectivity index (χ0n) is 12.4. The molecule has 5 heteroatoms. The van der Waals surface area contributed by atoms with Gasteiger partial charge < -0.3 is 16.3 Å². The molecule has 1 amide bonds. The van der Waals surface area contributed by atoms with E-state index in [1.54, 1.807) is 6.07 Å². The number of aryl methyl sites for hydroxylation is 1. The number of carbonyl (C=O) groups is 1. The molecule has 4 N–H and O–H groups in total. The Morgan fingerprint density at radius 1 is 1.24 bits per heavy atom. The molecule has 114 valence electrons. The van der Waals surface area contributed by atoms with Crippen LogP contribution in [0.4, 0.5) is 0 Å². The molecule has 2 rings (SSSR count). The predicted octanol–water partition coefficient (Wildman–Crippen LogP) is 2.56. The van der Waals surface area contributed by atoms with E-state index in [2.05, 4.69) is 10.5 Å². The lowest BCUT2D eigenvalue weighted by Gasteiger charge is -2.32. The van der Waals surface area contributed by atoms with Gasteiger partial charge in [0.25, 0.3) is 5.91 Å². The van der Waals surface area contributed by atoms with Crippen molar-refractivity contribution in [2.45, 2.75) is 51.0 Å². The Morgan fingerprint density at radius 2 is 1.86 bits per heavy atom. The van der Waals surface area contributed by atoms with Gasteiger partial charge in [0.1, 0.15) is 5.54 Å². The molecule has 1 aliphatic rings. The third-order valence-corrected chi connectivity index (χ3v) is 4.30. The number of amides is 1. The molecule has 0 spiro atoms. The highest BCUT2D eigenvalue weighted by Crippen LogP contribution is 2.28. The average molecular weight is 289 g/mol. The fraction of sp³-hybridized carbons (Fsp3) is 0.500. The Labute approximate surface area is 125 Å². The summed E-state index contributed by atoms with van der Waals surface area (Å²) in [6, 6.07) is 7.43. The summed E-state index contributed by atoms with van der Waals surface area (Å²) >= 11 is 0. The van der Waals surface area contributed by atoms with Crippen LogP contribution in [0.25, 0.3) is 0 Å². The molecule has 0 aromatic heterocycles. The number of oxime groups is 1. The first-order valence-electron chi connectivity index (χ1n) is 7.45. The second kappa shape index (κ2) is 6.61. The number of nitrogens with two attached hydrogens (primary N) is 1. The smallest absolute Gasteiger partial charge is 0.252 e. The molecule has 0 saturated heterocycles. The number of nitrogens with zero attached hydrogens (tertiary/aromatic N) is 1. The van der Waals surface area contributed by atoms with Crippen LogP contribution in [0.1, 0.15) is 54.4 Å². The minimum atomic E-state index is -0.732. The molecule has 0 unspecified atom stereocenters. The number of hydrogen-bond acceptors (Lipinski definition) is 3. The first kappa shape index (κ1) is 15.4. The highest BCUT2D eigenvalue weighted by Gasteiger charge is 2.37. The molecule has 0 radical (unpaired) electrons. The molecule has 21 heavy (non-hydrogen) atoms. The van der Waals surface area contributed by atoms with Gasteiger partial charge in [-0.25, -0.2) is 0 Å². The van der Waals surface area contributed by atoms with Crippen LogP contribution in [-0.4, -0.2) is 22.5 Å². The van der Waals surface area contributed by atoms with Gasteiger partial charge in [-0.1, -0.05) is 49.0 Å². The van der Waals surface area contributed by atoms with Gasteiger partial charge in [0.2, 0.25) is 0 Å². The maximum absolute atomic E-state index is 12.6. The largest absolute Gasteiger partial charge is 0.409 e. The van der Waals surface area contributed by atoms with Crippen molar-refractivity contribution in [2.75, 3.05) is 0 Å². The lowest BCUT2D eigenvalue weighted by atomic mass is 9.88. The Kier molecular flexibility index (Phi) is 4.83. The van der Waals surface area contributed by atoms with Crippen LogP contribution in [0.5, 0.6) is 0 Å².